The smallest absolute Gasteiger partial charge is 0.174 e. The van der Waals surface area contributed by atoms with Crippen LogP contribution in [-0.4, -0.2) is 14.7 Å². The number of halogens is 1. The van der Waals surface area contributed by atoms with Crippen molar-refractivity contribution in [3.05, 3.63) is 119 Å². The Morgan fingerprint density at radius 3 is 2.44 bits per heavy atom. The van der Waals surface area contributed by atoms with Gasteiger partial charge in [0.2, 0.25) is 0 Å². The molecule has 1 aliphatic heterocycles. The van der Waals surface area contributed by atoms with Gasteiger partial charge in [0.15, 0.2) is 5.11 Å². The maximum absolute atomic E-state index is 14.1. The lowest BCUT2D eigenvalue weighted by atomic mass is 9.96. The Morgan fingerprint density at radius 2 is 1.74 bits per heavy atom. The maximum atomic E-state index is 14.1. The predicted molar refractivity (Wildman–Crippen MR) is 139 cm³/mol. The highest BCUT2D eigenvalue weighted by molar-refractivity contribution is 7.80. The van der Waals surface area contributed by atoms with E-state index in [1.165, 1.54) is 28.6 Å². The maximum Gasteiger partial charge on any atom is 0.174 e. The molecule has 5 rings (SSSR count). The number of thiocarbonyl (C=S) groups is 1. The van der Waals surface area contributed by atoms with Crippen LogP contribution < -0.4 is 10.2 Å². The molecule has 0 bridgehead atoms. The quantitative estimate of drug-likeness (QED) is 0.354. The van der Waals surface area contributed by atoms with Gasteiger partial charge in [0.1, 0.15) is 5.82 Å². The molecule has 2 aromatic heterocycles. The number of hydrogen-bond donors (Lipinski definition) is 1. The first-order valence-corrected chi connectivity index (χ1v) is 11.8. The van der Waals surface area contributed by atoms with Crippen molar-refractivity contribution in [2.45, 2.75) is 39.4 Å². The molecule has 1 aliphatic rings. The molecule has 0 spiro atoms. The van der Waals surface area contributed by atoms with Crippen molar-refractivity contribution in [1.29, 1.82) is 0 Å². The van der Waals surface area contributed by atoms with E-state index >= 15 is 0 Å². The van der Waals surface area contributed by atoms with Crippen LogP contribution in [0.2, 0.25) is 0 Å². The number of aryl methyl sites for hydroxylation is 2. The first-order chi connectivity index (χ1) is 16.4. The number of nitrogens with one attached hydrogen (secondary N) is 1. The Hall–Kier alpha value is -3.51. The molecule has 6 heteroatoms. The fourth-order valence-electron chi connectivity index (χ4n) is 4.86. The van der Waals surface area contributed by atoms with Crippen molar-refractivity contribution in [3.8, 4) is 0 Å². The number of anilines is 1. The average molecular weight is 471 g/mol. The molecule has 172 valence electrons. The van der Waals surface area contributed by atoms with Gasteiger partial charge in [0, 0.05) is 29.8 Å². The molecular weight excluding hydrogens is 443 g/mol. The topological polar surface area (TPSA) is 33.1 Å². The van der Waals surface area contributed by atoms with Gasteiger partial charge in [-0.15, -0.1) is 0 Å². The summed E-state index contributed by atoms with van der Waals surface area (Å²) in [5.74, 6) is -0.222. The fourth-order valence-corrected chi connectivity index (χ4v) is 5.21. The van der Waals surface area contributed by atoms with Crippen LogP contribution in [0.25, 0.3) is 0 Å². The van der Waals surface area contributed by atoms with Gasteiger partial charge in [-0.3, -0.25) is 4.98 Å². The molecule has 0 saturated carbocycles. The lowest BCUT2D eigenvalue weighted by Gasteiger charge is -2.28. The molecule has 34 heavy (non-hydrogen) atoms. The van der Waals surface area contributed by atoms with Crippen molar-refractivity contribution in [2.24, 2.45) is 0 Å². The van der Waals surface area contributed by atoms with E-state index in [2.05, 4.69) is 63.9 Å². The zero-order valence-corrected chi connectivity index (χ0v) is 20.3. The molecule has 0 amide bonds. The third-order valence-corrected chi connectivity index (χ3v) is 6.95. The van der Waals surface area contributed by atoms with E-state index in [0.717, 1.165) is 17.9 Å². The Labute approximate surface area is 205 Å². The highest BCUT2D eigenvalue weighted by Crippen LogP contribution is 2.43. The normalized spacial score (nSPS) is 17.8. The van der Waals surface area contributed by atoms with Crippen LogP contribution in [0.4, 0.5) is 10.1 Å². The Kier molecular flexibility index (Phi) is 5.92. The summed E-state index contributed by atoms with van der Waals surface area (Å²) in [5, 5.41) is 4.11. The van der Waals surface area contributed by atoms with Crippen LogP contribution in [0.5, 0.6) is 0 Å². The summed E-state index contributed by atoms with van der Waals surface area (Å²) in [6, 6.07) is 23.6. The van der Waals surface area contributed by atoms with E-state index in [1.807, 2.05) is 30.3 Å². The van der Waals surface area contributed by atoms with Gasteiger partial charge in [-0.05, 0) is 86.1 Å². The lowest BCUT2D eigenvalue weighted by molar-refractivity contribution is 0.563. The molecule has 1 N–H and O–H groups in total. The summed E-state index contributed by atoms with van der Waals surface area (Å²) in [5.41, 5.74) is 7.18. The summed E-state index contributed by atoms with van der Waals surface area (Å²) in [7, 11) is 0. The molecule has 0 unspecified atom stereocenters. The van der Waals surface area contributed by atoms with Gasteiger partial charge in [-0.1, -0.05) is 36.4 Å². The Balaban J connectivity index is 1.63. The number of benzene rings is 2. The van der Waals surface area contributed by atoms with Crippen LogP contribution in [0.1, 0.15) is 45.9 Å². The number of hydrogen-bond acceptors (Lipinski definition) is 2. The number of rotatable bonds is 5. The zero-order valence-electron chi connectivity index (χ0n) is 19.5. The fraction of sp³-hybridized carbons (Fsp3) is 0.214. The summed E-state index contributed by atoms with van der Waals surface area (Å²) in [4.78, 5) is 6.75. The second-order valence-electron chi connectivity index (χ2n) is 8.83. The van der Waals surface area contributed by atoms with Crippen LogP contribution in [0.15, 0.2) is 79.0 Å². The molecule has 4 nitrogen and oxygen atoms in total. The van der Waals surface area contributed by atoms with E-state index in [1.54, 1.807) is 19.2 Å². The van der Waals surface area contributed by atoms with Crippen molar-refractivity contribution in [2.75, 3.05) is 4.90 Å². The van der Waals surface area contributed by atoms with Gasteiger partial charge in [0.25, 0.3) is 0 Å². The van der Waals surface area contributed by atoms with Gasteiger partial charge in [-0.2, -0.15) is 0 Å². The predicted octanol–water partition coefficient (Wildman–Crippen LogP) is 6.17. The molecule has 3 heterocycles. The Bertz CT molecular complexity index is 1330. The molecule has 0 aliphatic carbocycles. The van der Waals surface area contributed by atoms with E-state index in [9.17, 15) is 4.39 Å². The highest BCUT2D eigenvalue weighted by atomic mass is 32.1. The summed E-state index contributed by atoms with van der Waals surface area (Å²) >= 11 is 5.83. The van der Waals surface area contributed by atoms with Crippen molar-refractivity contribution < 1.29 is 4.39 Å². The van der Waals surface area contributed by atoms with Gasteiger partial charge in [-0.25, -0.2) is 4.39 Å². The van der Waals surface area contributed by atoms with Crippen molar-refractivity contribution in [3.63, 3.8) is 0 Å². The second kappa shape index (κ2) is 9.03. The monoisotopic (exact) mass is 470 g/mol. The van der Waals surface area contributed by atoms with Crippen LogP contribution >= 0.6 is 12.2 Å². The minimum atomic E-state index is -0.222. The standard InChI is InChI=1S/C28H27FN4S/c1-18-15-22(12-13-24(18)29)33-27(26(31-28(33)34)25-11-7-8-14-30-25)23-16-19(2)32(20(23)3)17-21-9-5-4-6-10-21/h4-16,26-27H,17H2,1-3H3,(H,31,34)/t26-,27+/m0/s1. The van der Waals surface area contributed by atoms with E-state index in [4.69, 9.17) is 12.2 Å². The minimum absolute atomic E-state index is 0.122. The van der Waals surface area contributed by atoms with E-state index < -0.39 is 0 Å². The lowest BCUT2D eigenvalue weighted by Crippen LogP contribution is -2.29. The molecule has 1 fully saturated rings. The van der Waals surface area contributed by atoms with Gasteiger partial charge >= 0.3 is 0 Å². The van der Waals surface area contributed by atoms with Crippen molar-refractivity contribution in [1.82, 2.24) is 14.9 Å². The zero-order chi connectivity index (χ0) is 23.8. The molecule has 1 saturated heterocycles. The van der Waals surface area contributed by atoms with E-state index in [0.29, 0.717) is 10.7 Å². The van der Waals surface area contributed by atoms with Gasteiger partial charge in [0.05, 0.1) is 17.8 Å². The number of aromatic nitrogens is 2. The largest absolute Gasteiger partial charge is 0.351 e. The summed E-state index contributed by atoms with van der Waals surface area (Å²) in [6.45, 7) is 6.88. The van der Waals surface area contributed by atoms with Gasteiger partial charge < -0.3 is 14.8 Å². The number of pyridine rings is 1. The SMILES string of the molecule is Cc1cc(N2C(=S)N[C@@H](c3ccccn3)[C@H]2c2cc(C)n(Cc3ccccc3)c2C)ccc1F. The Morgan fingerprint density at radius 1 is 0.971 bits per heavy atom. The third kappa shape index (κ3) is 3.99. The summed E-state index contributed by atoms with van der Waals surface area (Å²) < 4.78 is 16.4. The molecule has 2 atom stereocenters. The molecule has 2 aromatic carbocycles. The highest BCUT2D eigenvalue weighted by Gasteiger charge is 2.42. The van der Waals surface area contributed by atoms with Crippen LogP contribution in [0, 0.1) is 26.6 Å². The first kappa shape index (κ1) is 22.3. The number of nitrogens with zero attached hydrogens (tertiary/aromatic N) is 3. The average Bonchev–Trinajstić information content (AvgIpc) is 3.33. The molecule has 0 radical (unpaired) electrons. The van der Waals surface area contributed by atoms with Crippen LogP contribution in [-0.2, 0) is 6.54 Å². The first-order valence-electron chi connectivity index (χ1n) is 11.4. The summed E-state index contributed by atoms with van der Waals surface area (Å²) in [6.07, 6.45) is 1.81. The second-order valence-corrected chi connectivity index (χ2v) is 9.22. The van der Waals surface area contributed by atoms with E-state index in [-0.39, 0.29) is 17.9 Å². The molecular formula is C28H27FN4S. The van der Waals surface area contributed by atoms with Crippen LogP contribution in [0.3, 0.4) is 0 Å². The minimum Gasteiger partial charge on any atom is -0.351 e. The van der Waals surface area contributed by atoms with Crippen molar-refractivity contribution >= 4 is 23.0 Å². The molecule has 4 aromatic rings. The third-order valence-electron chi connectivity index (χ3n) is 6.63.